The summed E-state index contributed by atoms with van der Waals surface area (Å²) in [6.45, 7) is 6.56. The van der Waals surface area contributed by atoms with Crippen LogP contribution in [0.3, 0.4) is 0 Å². The lowest BCUT2D eigenvalue weighted by Gasteiger charge is -2.43. The first-order chi connectivity index (χ1) is 9.08. The van der Waals surface area contributed by atoms with Crippen LogP contribution >= 0.6 is 11.3 Å². The summed E-state index contributed by atoms with van der Waals surface area (Å²) in [6, 6.07) is 5.34. The third kappa shape index (κ3) is 2.07. The van der Waals surface area contributed by atoms with Crippen LogP contribution in [0, 0.1) is 0 Å². The van der Waals surface area contributed by atoms with Crippen molar-refractivity contribution in [1.29, 1.82) is 0 Å². The molecule has 1 aromatic heterocycles. The van der Waals surface area contributed by atoms with Gasteiger partial charge in [-0.25, -0.2) is 4.98 Å². The maximum absolute atomic E-state index is 6.31. The molecule has 0 radical (unpaired) electrons. The molecular weight excluding hydrogens is 256 g/mol. The van der Waals surface area contributed by atoms with Gasteiger partial charge >= 0.3 is 0 Å². The van der Waals surface area contributed by atoms with Crippen LogP contribution in [0.5, 0.6) is 0 Å². The van der Waals surface area contributed by atoms with Crippen molar-refractivity contribution in [3.05, 3.63) is 17.6 Å². The number of hydrogen-bond acceptors (Lipinski definition) is 5. The van der Waals surface area contributed by atoms with Crippen molar-refractivity contribution in [2.24, 2.45) is 0 Å². The molecule has 0 amide bonds. The van der Waals surface area contributed by atoms with Gasteiger partial charge in [-0.2, -0.15) is 0 Å². The summed E-state index contributed by atoms with van der Waals surface area (Å²) in [6.07, 6.45) is 0. The number of benzene rings is 1. The van der Waals surface area contributed by atoms with Gasteiger partial charge in [-0.3, -0.25) is 4.90 Å². The molecule has 3 rings (SSSR count). The van der Waals surface area contributed by atoms with Crippen molar-refractivity contribution >= 4 is 32.9 Å². The fourth-order valence-corrected chi connectivity index (χ4v) is 3.51. The first-order valence-electron chi connectivity index (χ1n) is 6.66. The standard InChI is InChI=1S/C14H20N4S/c1-9-6-18(7-10(2)17(9)3)11-4-5-12-14(13(11)15)16-8-19-12/h4-5,8-10H,6-7,15H2,1-3H3. The minimum Gasteiger partial charge on any atom is -0.395 e. The Balaban J connectivity index is 1.98. The third-order valence-electron chi connectivity index (χ3n) is 4.22. The minimum absolute atomic E-state index is 0.536. The van der Waals surface area contributed by atoms with Crippen LogP contribution in [0.2, 0.25) is 0 Å². The molecule has 0 bridgehead atoms. The number of aromatic nitrogens is 1. The predicted molar refractivity (Wildman–Crippen MR) is 82.9 cm³/mol. The number of nitrogen functional groups attached to an aromatic ring is 1. The number of hydrogen-bond donors (Lipinski definition) is 1. The molecule has 19 heavy (non-hydrogen) atoms. The quantitative estimate of drug-likeness (QED) is 0.813. The molecule has 4 nitrogen and oxygen atoms in total. The van der Waals surface area contributed by atoms with Gasteiger partial charge in [0, 0.05) is 25.2 Å². The first-order valence-corrected chi connectivity index (χ1v) is 7.54. The molecule has 1 aromatic carbocycles. The largest absolute Gasteiger partial charge is 0.395 e. The van der Waals surface area contributed by atoms with E-state index in [1.54, 1.807) is 11.3 Å². The van der Waals surface area contributed by atoms with E-state index >= 15 is 0 Å². The summed E-state index contributed by atoms with van der Waals surface area (Å²) < 4.78 is 1.16. The van der Waals surface area contributed by atoms with Gasteiger partial charge in [0.25, 0.3) is 0 Å². The molecule has 1 aliphatic rings. The molecule has 0 spiro atoms. The number of likely N-dealkylation sites (N-methyl/N-ethyl adjacent to an activating group) is 1. The van der Waals surface area contributed by atoms with E-state index in [9.17, 15) is 0 Å². The molecule has 2 atom stereocenters. The van der Waals surface area contributed by atoms with Gasteiger partial charge in [0.2, 0.25) is 0 Å². The maximum Gasteiger partial charge on any atom is 0.106 e. The average Bonchev–Trinajstić information content (AvgIpc) is 2.85. The number of fused-ring (bicyclic) bond motifs is 1. The molecule has 0 aliphatic carbocycles. The zero-order valence-corrected chi connectivity index (χ0v) is 12.4. The lowest BCUT2D eigenvalue weighted by molar-refractivity contribution is 0.170. The lowest BCUT2D eigenvalue weighted by Crippen LogP contribution is -2.55. The second kappa shape index (κ2) is 4.65. The summed E-state index contributed by atoms with van der Waals surface area (Å²) in [5.74, 6) is 0. The SMILES string of the molecule is CC1CN(c2ccc3scnc3c2N)CC(C)N1C. The van der Waals surface area contributed by atoms with Crippen LogP contribution < -0.4 is 10.6 Å². The molecule has 1 aliphatic heterocycles. The van der Waals surface area contributed by atoms with Crippen LogP contribution in [0.4, 0.5) is 11.4 Å². The van der Waals surface area contributed by atoms with Gasteiger partial charge in [0.15, 0.2) is 0 Å². The zero-order chi connectivity index (χ0) is 13.6. The monoisotopic (exact) mass is 276 g/mol. The van der Waals surface area contributed by atoms with Crippen molar-refractivity contribution < 1.29 is 0 Å². The maximum atomic E-state index is 6.31. The minimum atomic E-state index is 0.536. The van der Waals surface area contributed by atoms with Crippen LogP contribution in [0.1, 0.15) is 13.8 Å². The van der Waals surface area contributed by atoms with E-state index < -0.39 is 0 Å². The van der Waals surface area contributed by atoms with E-state index in [2.05, 4.69) is 47.8 Å². The molecular formula is C14H20N4S. The van der Waals surface area contributed by atoms with E-state index in [1.165, 1.54) is 0 Å². The van der Waals surface area contributed by atoms with Crippen LogP contribution in [0.15, 0.2) is 17.6 Å². The Morgan fingerprint density at radius 1 is 1.26 bits per heavy atom. The third-order valence-corrected chi connectivity index (χ3v) is 5.01. The Hall–Kier alpha value is -1.33. The molecule has 0 saturated carbocycles. The molecule has 2 N–H and O–H groups in total. The summed E-state index contributed by atoms with van der Waals surface area (Å²) in [5.41, 5.74) is 11.1. The van der Waals surface area contributed by atoms with Crippen molar-refractivity contribution in [3.63, 3.8) is 0 Å². The average molecular weight is 276 g/mol. The molecule has 102 valence electrons. The van der Waals surface area contributed by atoms with E-state index in [0.717, 1.165) is 34.7 Å². The van der Waals surface area contributed by atoms with Gasteiger partial charge in [0.1, 0.15) is 5.52 Å². The number of nitrogens with two attached hydrogens (primary N) is 1. The van der Waals surface area contributed by atoms with Crippen LogP contribution in [0.25, 0.3) is 10.2 Å². The van der Waals surface area contributed by atoms with Gasteiger partial charge in [-0.05, 0) is 33.0 Å². The predicted octanol–water partition coefficient (Wildman–Crippen LogP) is 2.41. The Labute approximate surface area is 117 Å². The Kier molecular flexibility index (Phi) is 3.11. The van der Waals surface area contributed by atoms with Crippen LogP contribution in [-0.4, -0.2) is 42.1 Å². The number of piperazine rings is 1. The number of anilines is 2. The molecule has 5 heteroatoms. The van der Waals surface area contributed by atoms with Gasteiger partial charge < -0.3 is 10.6 Å². The highest BCUT2D eigenvalue weighted by Crippen LogP contribution is 2.34. The Bertz CT molecular complexity index is 582. The van der Waals surface area contributed by atoms with E-state index in [-0.39, 0.29) is 0 Å². The lowest BCUT2D eigenvalue weighted by atomic mass is 10.1. The van der Waals surface area contributed by atoms with Gasteiger partial charge in [-0.1, -0.05) is 0 Å². The fourth-order valence-electron chi connectivity index (χ4n) is 2.82. The fraction of sp³-hybridized carbons (Fsp3) is 0.500. The number of rotatable bonds is 1. The molecule has 1 fully saturated rings. The molecule has 1 saturated heterocycles. The van der Waals surface area contributed by atoms with Crippen molar-refractivity contribution in [2.45, 2.75) is 25.9 Å². The van der Waals surface area contributed by atoms with Crippen molar-refractivity contribution in [2.75, 3.05) is 30.8 Å². The van der Waals surface area contributed by atoms with E-state index in [1.807, 2.05) is 5.51 Å². The first kappa shape index (κ1) is 12.7. The summed E-state index contributed by atoms with van der Waals surface area (Å²) in [7, 11) is 2.19. The number of nitrogens with zero attached hydrogens (tertiary/aromatic N) is 3. The Morgan fingerprint density at radius 2 is 1.95 bits per heavy atom. The smallest absolute Gasteiger partial charge is 0.106 e. The van der Waals surface area contributed by atoms with Crippen LogP contribution in [-0.2, 0) is 0 Å². The van der Waals surface area contributed by atoms with E-state index in [4.69, 9.17) is 5.73 Å². The van der Waals surface area contributed by atoms with Crippen molar-refractivity contribution in [1.82, 2.24) is 9.88 Å². The second-order valence-electron chi connectivity index (χ2n) is 5.47. The molecule has 2 heterocycles. The summed E-state index contributed by atoms with van der Waals surface area (Å²) in [5, 5.41) is 0. The number of thiazole rings is 1. The summed E-state index contributed by atoms with van der Waals surface area (Å²) >= 11 is 1.64. The zero-order valence-electron chi connectivity index (χ0n) is 11.6. The van der Waals surface area contributed by atoms with Gasteiger partial charge in [-0.15, -0.1) is 11.3 Å². The topological polar surface area (TPSA) is 45.4 Å². The van der Waals surface area contributed by atoms with Gasteiger partial charge in [0.05, 0.1) is 21.6 Å². The highest BCUT2D eigenvalue weighted by molar-refractivity contribution is 7.16. The van der Waals surface area contributed by atoms with E-state index in [0.29, 0.717) is 12.1 Å². The summed E-state index contributed by atoms with van der Waals surface area (Å²) in [4.78, 5) is 9.20. The molecule has 2 aromatic rings. The highest BCUT2D eigenvalue weighted by atomic mass is 32.1. The second-order valence-corrected chi connectivity index (χ2v) is 6.35. The van der Waals surface area contributed by atoms with Crippen molar-refractivity contribution in [3.8, 4) is 0 Å². The normalized spacial score (nSPS) is 25.1. The highest BCUT2D eigenvalue weighted by Gasteiger charge is 2.27. The molecule has 2 unspecified atom stereocenters. The Morgan fingerprint density at radius 3 is 2.63 bits per heavy atom.